The Hall–Kier alpha value is 0.950. The summed E-state index contributed by atoms with van der Waals surface area (Å²) in [5, 5.41) is 1.02. The van der Waals surface area contributed by atoms with Crippen LogP contribution in [0.4, 0.5) is 0 Å². The molecule has 0 saturated heterocycles. The van der Waals surface area contributed by atoms with Crippen molar-refractivity contribution in [3.63, 3.8) is 0 Å². The fourth-order valence-corrected chi connectivity index (χ4v) is 1.65. The van der Waals surface area contributed by atoms with E-state index in [1.54, 1.807) is 0 Å². The van der Waals surface area contributed by atoms with E-state index in [9.17, 15) is 0 Å². The Balaban J connectivity index is 0. The summed E-state index contributed by atoms with van der Waals surface area (Å²) in [6, 6.07) is 0. The van der Waals surface area contributed by atoms with Crippen molar-refractivity contribution >= 4 is 37.7 Å². The van der Waals surface area contributed by atoms with Gasteiger partial charge in [-0.15, -0.1) is 12.4 Å². The van der Waals surface area contributed by atoms with Gasteiger partial charge < -0.3 is 4.90 Å². The lowest BCUT2D eigenvalue weighted by Crippen LogP contribution is -2.34. The second-order valence-corrected chi connectivity index (χ2v) is 4.94. The predicted molar refractivity (Wildman–Crippen MR) is 75.5 cm³/mol. The van der Waals surface area contributed by atoms with Crippen molar-refractivity contribution < 1.29 is 0 Å². The molecule has 0 aliphatic rings. The molecular formula is C10H24ClNS2. The Morgan fingerprint density at radius 1 is 0.929 bits per heavy atom. The van der Waals surface area contributed by atoms with Gasteiger partial charge in [-0.1, -0.05) is 20.8 Å². The van der Waals surface area contributed by atoms with E-state index in [0.29, 0.717) is 10.5 Å². The maximum Gasteiger partial charge on any atom is 0.0142 e. The minimum Gasteiger partial charge on any atom is -0.301 e. The standard InChI is InChI=1S/C10H23NS2.ClH/c1-4-9(12)7-11(6-3)8-10(13)5-2;/h9-10,12-13H,4-8H2,1-3H3;1H. The highest BCUT2D eigenvalue weighted by Crippen LogP contribution is 2.08. The molecule has 0 spiro atoms. The second-order valence-electron chi connectivity index (χ2n) is 3.48. The van der Waals surface area contributed by atoms with Crippen LogP contribution in [0.3, 0.4) is 0 Å². The molecule has 2 atom stereocenters. The van der Waals surface area contributed by atoms with E-state index in [0.717, 1.165) is 32.5 Å². The molecular weight excluding hydrogens is 234 g/mol. The fourth-order valence-electron chi connectivity index (χ4n) is 1.19. The summed E-state index contributed by atoms with van der Waals surface area (Å²) in [7, 11) is 0. The van der Waals surface area contributed by atoms with Crippen LogP contribution >= 0.6 is 37.7 Å². The van der Waals surface area contributed by atoms with E-state index in [1.165, 1.54) is 0 Å². The molecule has 0 aliphatic heterocycles. The van der Waals surface area contributed by atoms with Crippen LogP contribution in [-0.2, 0) is 0 Å². The number of nitrogens with zero attached hydrogens (tertiary/aromatic N) is 1. The summed E-state index contributed by atoms with van der Waals surface area (Å²) in [6.07, 6.45) is 2.28. The van der Waals surface area contributed by atoms with Gasteiger partial charge in [-0.2, -0.15) is 25.3 Å². The Morgan fingerprint density at radius 2 is 1.29 bits per heavy atom. The van der Waals surface area contributed by atoms with E-state index >= 15 is 0 Å². The molecule has 0 radical (unpaired) electrons. The molecule has 0 N–H and O–H groups in total. The zero-order valence-electron chi connectivity index (χ0n) is 9.44. The molecule has 0 saturated carbocycles. The lowest BCUT2D eigenvalue weighted by Gasteiger charge is -2.25. The SMILES string of the molecule is CCC(S)CN(CC)CC(S)CC.Cl. The minimum atomic E-state index is 0. The van der Waals surface area contributed by atoms with Crippen molar-refractivity contribution in [2.45, 2.75) is 44.1 Å². The highest BCUT2D eigenvalue weighted by Gasteiger charge is 2.10. The number of thiol groups is 2. The molecule has 88 valence electrons. The topological polar surface area (TPSA) is 3.24 Å². The third-order valence-electron chi connectivity index (χ3n) is 2.33. The van der Waals surface area contributed by atoms with Crippen LogP contribution in [-0.4, -0.2) is 35.0 Å². The monoisotopic (exact) mass is 257 g/mol. The van der Waals surface area contributed by atoms with Crippen LogP contribution in [0.15, 0.2) is 0 Å². The molecule has 0 aromatic rings. The summed E-state index contributed by atoms with van der Waals surface area (Å²) in [4.78, 5) is 2.43. The summed E-state index contributed by atoms with van der Waals surface area (Å²) in [6.45, 7) is 9.85. The quantitative estimate of drug-likeness (QED) is 0.663. The van der Waals surface area contributed by atoms with Crippen LogP contribution in [0.5, 0.6) is 0 Å². The van der Waals surface area contributed by atoms with Gasteiger partial charge in [0.05, 0.1) is 0 Å². The highest BCUT2D eigenvalue weighted by molar-refractivity contribution is 7.81. The first kappa shape index (κ1) is 17.3. The number of halogens is 1. The van der Waals surface area contributed by atoms with Crippen LogP contribution in [0.2, 0.25) is 0 Å². The third-order valence-corrected chi connectivity index (χ3v) is 3.38. The molecule has 0 heterocycles. The second kappa shape index (κ2) is 10.5. The van der Waals surface area contributed by atoms with Crippen molar-refractivity contribution in [1.29, 1.82) is 0 Å². The van der Waals surface area contributed by atoms with Crippen molar-refractivity contribution in [3.8, 4) is 0 Å². The number of hydrogen-bond donors (Lipinski definition) is 2. The lowest BCUT2D eigenvalue weighted by atomic mass is 10.2. The first-order valence-electron chi connectivity index (χ1n) is 5.22. The maximum absolute atomic E-state index is 4.51. The van der Waals surface area contributed by atoms with Gasteiger partial charge in [-0.05, 0) is 19.4 Å². The molecule has 0 bridgehead atoms. The molecule has 0 amide bonds. The average molecular weight is 258 g/mol. The van der Waals surface area contributed by atoms with Crippen LogP contribution in [0, 0.1) is 0 Å². The Labute approximate surface area is 106 Å². The molecule has 2 unspecified atom stereocenters. The van der Waals surface area contributed by atoms with Crippen molar-refractivity contribution in [2.75, 3.05) is 19.6 Å². The Kier molecular flexibility index (Phi) is 13.0. The van der Waals surface area contributed by atoms with Gasteiger partial charge in [0, 0.05) is 23.6 Å². The molecule has 0 aromatic heterocycles. The van der Waals surface area contributed by atoms with Crippen LogP contribution in [0.25, 0.3) is 0 Å². The normalized spacial score (nSPS) is 15.0. The summed E-state index contributed by atoms with van der Waals surface area (Å²) >= 11 is 9.02. The zero-order chi connectivity index (χ0) is 10.3. The fraction of sp³-hybridized carbons (Fsp3) is 1.00. The van der Waals surface area contributed by atoms with Gasteiger partial charge in [0.15, 0.2) is 0 Å². The van der Waals surface area contributed by atoms with E-state index < -0.39 is 0 Å². The number of hydrogen-bond acceptors (Lipinski definition) is 3. The molecule has 0 aliphatic carbocycles. The molecule has 0 rings (SSSR count). The van der Waals surface area contributed by atoms with Crippen LogP contribution in [0.1, 0.15) is 33.6 Å². The molecule has 0 aromatic carbocycles. The Bertz CT molecular complexity index is 113. The summed E-state index contributed by atoms with van der Waals surface area (Å²) in [5.41, 5.74) is 0. The first-order valence-corrected chi connectivity index (χ1v) is 6.25. The van der Waals surface area contributed by atoms with E-state index in [2.05, 4.69) is 50.9 Å². The van der Waals surface area contributed by atoms with Crippen LogP contribution < -0.4 is 0 Å². The maximum atomic E-state index is 4.51. The number of rotatable bonds is 7. The molecule has 0 fully saturated rings. The van der Waals surface area contributed by atoms with E-state index in [1.807, 2.05) is 0 Å². The smallest absolute Gasteiger partial charge is 0.0142 e. The first-order chi connectivity index (χ1) is 6.13. The van der Waals surface area contributed by atoms with Crippen molar-refractivity contribution in [2.24, 2.45) is 0 Å². The molecule has 4 heteroatoms. The van der Waals surface area contributed by atoms with Crippen molar-refractivity contribution in [3.05, 3.63) is 0 Å². The van der Waals surface area contributed by atoms with Gasteiger partial charge in [-0.25, -0.2) is 0 Å². The van der Waals surface area contributed by atoms with Gasteiger partial charge >= 0.3 is 0 Å². The Morgan fingerprint density at radius 3 is 1.50 bits per heavy atom. The highest BCUT2D eigenvalue weighted by atomic mass is 35.5. The summed E-state index contributed by atoms with van der Waals surface area (Å²) < 4.78 is 0. The summed E-state index contributed by atoms with van der Waals surface area (Å²) in [5.74, 6) is 0. The van der Waals surface area contributed by atoms with E-state index in [-0.39, 0.29) is 12.4 Å². The van der Waals surface area contributed by atoms with Gasteiger partial charge in [0.25, 0.3) is 0 Å². The zero-order valence-corrected chi connectivity index (χ0v) is 12.0. The van der Waals surface area contributed by atoms with E-state index in [4.69, 9.17) is 0 Å². The van der Waals surface area contributed by atoms with Gasteiger partial charge in [0.2, 0.25) is 0 Å². The third kappa shape index (κ3) is 8.27. The lowest BCUT2D eigenvalue weighted by molar-refractivity contribution is 0.287. The average Bonchev–Trinajstić information content (AvgIpc) is 2.16. The molecule has 1 nitrogen and oxygen atoms in total. The molecule has 14 heavy (non-hydrogen) atoms. The van der Waals surface area contributed by atoms with Gasteiger partial charge in [0.1, 0.15) is 0 Å². The minimum absolute atomic E-state index is 0. The predicted octanol–water partition coefficient (Wildman–Crippen LogP) is 3.15. The van der Waals surface area contributed by atoms with Gasteiger partial charge in [-0.3, -0.25) is 0 Å². The largest absolute Gasteiger partial charge is 0.301 e. The van der Waals surface area contributed by atoms with Crippen molar-refractivity contribution in [1.82, 2.24) is 4.90 Å².